The highest BCUT2D eigenvalue weighted by Gasteiger charge is 2.31. The molecule has 2 amide bonds. The van der Waals surface area contributed by atoms with Crippen LogP contribution < -0.4 is 15.8 Å². The van der Waals surface area contributed by atoms with Crippen molar-refractivity contribution in [1.82, 2.24) is 15.1 Å². The second-order valence-corrected chi connectivity index (χ2v) is 8.67. The fraction of sp³-hybridized carbons (Fsp3) is 0.591. The van der Waals surface area contributed by atoms with Gasteiger partial charge in [0.1, 0.15) is 5.75 Å². The number of nitrogen functional groups attached to an aromatic ring is 1. The predicted octanol–water partition coefficient (Wildman–Crippen LogP) is 2.13. The van der Waals surface area contributed by atoms with E-state index in [0.717, 1.165) is 51.9 Å². The maximum atomic E-state index is 12.8. The number of hydrogen-bond donors (Lipinski definition) is 2. The number of ether oxygens (including phenoxy) is 1. The van der Waals surface area contributed by atoms with E-state index in [1.807, 2.05) is 4.90 Å². The monoisotopic (exact) mass is 447 g/mol. The highest BCUT2D eigenvalue weighted by molar-refractivity contribution is 6.33. The van der Waals surface area contributed by atoms with E-state index in [4.69, 9.17) is 27.3 Å². The lowest BCUT2D eigenvalue weighted by Gasteiger charge is -2.37. The number of amides is 2. The smallest absolute Gasteiger partial charge is 0.255 e. The first-order valence-corrected chi connectivity index (χ1v) is 11.1. The van der Waals surface area contributed by atoms with Crippen LogP contribution in [0.5, 0.6) is 5.75 Å². The molecule has 0 bridgehead atoms. The second kappa shape index (κ2) is 10.7. The largest absolute Gasteiger partial charge is 0.496 e. The van der Waals surface area contributed by atoms with Crippen LogP contribution in [0.4, 0.5) is 5.69 Å². The van der Waals surface area contributed by atoms with E-state index in [1.54, 1.807) is 6.07 Å². The zero-order chi connectivity index (χ0) is 22.4. The molecule has 0 atom stereocenters. The molecule has 0 aliphatic carbocycles. The Hall–Kier alpha value is -2.50. The van der Waals surface area contributed by atoms with Gasteiger partial charge in [-0.05, 0) is 50.8 Å². The SMILES string of the molecule is COc1cc(N)c(Cl)cc1C(=O)NCC1CCN(C(=O)C2CCN(CC#N)CC2)CC1. The van der Waals surface area contributed by atoms with E-state index in [2.05, 4.69) is 16.3 Å². The lowest BCUT2D eigenvalue weighted by molar-refractivity contribution is -0.138. The summed E-state index contributed by atoms with van der Waals surface area (Å²) in [5.41, 5.74) is 6.50. The number of nitriles is 1. The Morgan fingerprint density at radius 3 is 2.52 bits per heavy atom. The summed E-state index contributed by atoms with van der Waals surface area (Å²) in [6.45, 7) is 4.03. The van der Waals surface area contributed by atoms with E-state index >= 15 is 0 Å². The number of methoxy groups -OCH3 is 1. The lowest BCUT2D eigenvalue weighted by atomic mass is 9.92. The number of carbonyl (C=O) groups excluding carboxylic acids is 2. The maximum absolute atomic E-state index is 12.8. The molecule has 0 radical (unpaired) electrons. The van der Waals surface area contributed by atoms with Crippen LogP contribution in [0.25, 0.3) is 0 Å². The van der Waals surface area contributed by atoms with Crippen molar-refractivity contribution >= 4 is 29.1 Å². The van der Waals surface area contributed by atoms with Gasteiger partial charge in [0.25, 0.3) is 5.91 Å². The molecule has 2 fully saturated rings. The normalized spacial score (nSPS) is 18.4. The molecule has 2 aliphatic heterocycles. The Kier molecular flexibility index (Phi) is 7.99. The Morgan fingerprint density at radius 1 is 1.23 bits per heavy atom. The molecule has 0 spiro atoms. The maximum Gasteiger partial charge on any atom is 0.255 e. The van der Waals surface area contributed by atoms with Crippen molar-refractivity contribution in [3.05, 3.63) is 22.7 Å². The van der Waals surface area contributed by atoms with Gasteiger partial charge in [-0.1, -0.05) is 11.6 Å². The lowest BCUT2D eigenvalue weighted by Crippen LogP contribution is -2.46. The van der Waals surface area contributed by atoms with Crippen molar-refractivity contribution in [2.45, 2.75) is 25.7 Å². The van der Waals surface area contributed by atoms with Gasteiger partial charge in [-0.25, -0.2) is 0 Å². The predicted molar refractivity (Wildman–Crippen MR) is 119 cm³/mol. The van der Waals surface area contributed by atoms with E-state index in [1.165, 1.54) is 13.2 Å². The number of halogens is 1. The van der Waals surface area contributed by atoms with Crippen molar-refractivity contribution in [1.29, 1.82) is 5.26 Å². The van der Waals surface area contributed by atoms with Crippen molar-refractivity contribution in [3.63, 3.8) is 0 Å². The average Bonchev–Trinajstić information content (AvgIpc) is 2.79. The molecular weight excluding hydrogens is 418 g/mol. The minimum absolute atomic E-state index is 0.0638. The molecule has 2 heterocycles. The number of likely N-dealkylation sites (tertiary alicyclic amines) is 2. The van der Waals surface area contributed by atoms with Crippen LogP contribution in [0.15, 0.2) is 12.1 Å². The first-order valence-electron chi connectivity index (χ1n) is 10.7. The van der Waals surface area contributed by atoms with Gasteiger partial charge in [0, 0.05) is 31.6 Å². The minimum Gasteiger partial charge on any atom is -0.496 e. The Bertz CT molecular complexity index is 840. The number of benzene rings is 1. The summed E-state index contributed by atoms with van der Waals surface area (Å²) in [5, 5.41) is 12.1. The standard InChI is InChI=1S/C22H30ClN5O3/c1-31-20-13-19(25)18(23)12-17(20)21(29)26-14-15-2-9-28(10-3-15)22(30)16-4-7-27(8-5-16)11-6-24/h12-13,15-16H,2-5,7-11,14,25H2,1H3,(H,26,29). The first-order chi connectivity index (χ1) is 14.9. The van der Waals surface area contributed by atoms with Crippen LogP contribution >= 0.6 is 11.6 Å². The average molecular weight is 448 g/mol. The summed E-state index contributed by atoms with van der Waals surface area (Å²) < 4.78 is 5.25. The van der Waals surface area contributed by atoms with Crippen LogP contribution in [0.1, 0.15) is 36.0 Å². The third-order valence-electron chi connectivity index (χ3n) is 6.27. The highest BCUT2D eigenvalue weighted by atomic mass is 35.5. The van der Waals surface area contributed by atoms with Crippen LogP contribution in [-0.2, 0) is 4.79 Å². The molecule has 2 saturated heterocycles. The van der Waals surface area contributed by atoms with Gasteiger partial charge in [-0.3, -0.25) is 14.5 Å². The summed E-state index contributed by atoms with van der Waals surface area (Å²) in [4.78, 5) is 29.5. The molecule has 3 N–H and O–H groups in total. The van der Waals surface area contributed by atoms with Crippen LogP contribution in [0.2, 0.25) is 5.02 Å². The molecule has 1 aromatic rings. The molecule has 2 aliphatic rings. The quantitative estimate of drug-likeness (QED) is 0.510. The number of nitrogens with one attached hydrogen (secondary N) is 1. The molecule has 9 heteroatoms. The fourth-order valence-corrected chi connectivity index (χ4v) is 4.47. The van der Waals surface area contributed by atoms with Crippen LogP contribution in [-0.4, -0.2) is 68.0 Å². The molecule has 8 nitrogen and oxygen atoms in total. The molecule has 31 heavy (non-hydrogen) atoms. The van der Waals surface area contributed by atoms with Crippen LogP contribution in [0.3, 0.4) is 0 Å². The third-order valence-corrected chi connectivity index (χ3v) is 6.60. The molecule has 0 aromatic heterocycles. The fourth-order valence-electron chi connectivity index (χ4n) is 4.30. The van der Waals surface area contributed by atoms with Gasteiger partial charge in [-0.15, -0.1) is 0 Å². The molecular formula is C22H30ClN5O3. The summed E-state index contributed by atoms with van der Waals surface area (Å²) in [6.07, 6.45) is 3.36. The van der Waals surface area contributed by atoms with Crippen molar-refractivity contribution in [2.24, 2.45) is 11.8 Å². The third kappa shape index (κ3) is 5.81. The van der Waals surface area contributed by atoms with Gasteiger partial charge >= 0.3 is 0 Å². The van der Waals surface area contributed by atoms with E-state index in [-0.39, 0.29) is 17.7 Å². The topological polar surface area (TPSA) is 112 Å². The van der Waals surface area contributed by atoms with Gasteiger partial charge in [0.05, 0.1) is 36.0 Å². The zero-order valence-electron chi connectivity index (χ0n) is 17.9. The van der Waals surface area contributed by atoms with E-state index < -0.39 is 0 Å². The molecule has 168 valence electrons. The molecule has 0 saturated carbocycles. The number of piperidine rings is 2. The highest BCUT2D eigenvalue weighted by Crippen LogP contribution is 2.29. The van der Waals surface area contributed by atoms with Crippen molar-refractivity contribution < 1.29 is 14.3 Å². The van der Waals surface area contributed by atoms with E-state index in [9.17, 15) is 9.59 Å². The minimum atomic E-state index is -0.249. The first kappa shape index (κ1) is 23.2. The summed E-state index contributed by atoms with van der Waals surface area (Å²) >= 11 is 6.05. The van der Waals surface area contributed by atoms with Crippen molar-refractivity contribution in [2.75, 3.05) is 52.1 Å². The number of hydrogen-bond acceptors (Lipinski definition) is 6. The molecule has 0 unspecified atom stereocenters. The molecule has 1 aromatic carbocycles. The Labute approximate surface area is 188 Å². The molecule has 3 rings (SSSR count). The van der Waals surface area contributed by atoms with Crippen molar-refractivity contribution in [3.8, 4) is 11.8 Å². The summed E-state index contributed by atoms with van der Waals surface area (Å²) in [7, 11) is 1.49. The van der Waals surface area contributed by atoms with Gasteiger partial charge in [0.15, 0.2) is 0 Å². The number of nitrogens with two attached hydrogens (primary N) is 1. The second-order valence-electron chi connectivity index (χ2n) is 8.26. The number of anilines is 1. The summed E-state index contributed by atoms with van der Waals surface area (Å²) in [6, 6.07) is 5.24. The Balaban J connectivity index is 1.44. The summed E-state index contributed by atoms with van der Waals surface area (Å²) in [5.74, 6) is 0.761. The number of rotatable bonds is 6. The van der Waals surface area contributed by atoms with Gasteiger partial charge in [-0.2, -0.15) is 5.26 Å². The number of carbonyl (C=O) groups is 2. The van der Waals surface area contributed by atoms with Gasteiger partial charge < -0.3 is 20.7 Å². The number of nitrogens with zero attached hydrogens (tertiary/aromatic N) is 3. The zero-order valence-corrected chi connectivity index (χ0v) is 18.7. The Morgan fingerprint density at radius 2 is 1.90 bits per heavy atom. The van der Waals surface area contributed by atoms with Gasteiger partial charge in [0.2, 0.25) is 5.91 Å². The van der Waals surface area contributed by atoms with E-state index in [0.29, 0.717) is 41.0 Å². The van der Waals surface area contributed by atoms with Crippen LogP contribution in [0, 0.1) is 23.2 Å².